The molecule has 2 N–H and O–H groups in total. The van der Waals surface area contributed by atoms with Crippen molar-refractivity contribution in [3.05, 3.63) is 59.9 Å². The molecule has 0 radical (unpaired) electrons. The Hall–Kier alpha value is -2.44. The molecule has 0 aliphatic carbocycles. The molecule has 1 aliphatic rings. The Morgan fingerprint density at radius 2 is 2.00 bits per heavy atom. The second-order valence-corrected chi connectivity index (χ2v) is 6.63. The summed E-state index contributed by atoms with van der Waals surface area (Å²) in [5.74, 6) is -0.279. The molecule has 1 amide bonds. The lowest BCUT2D eigenvalue weighted by molar-refractivity contribution is -0.0612. The molecule has 2 atom stereocenters. The Labute approximate surface area is 147 Å². The maximum atomic E-state index is 12.7. The maximum absolute atomic E-state index is 12.7. The van der Waals surface area contributed by atoms with Crippen LogP contribution >= 0.6 is 0 Å². The van der Waals surface area contributed by atoms with E-state index in [2.05, 4.69) is 4.98 Å². The fourth-order valence-corrected chi connectivity index (χ4v) is 3.68. The van der Waals surface area contributed by atoms with Gasteiger partial charge in [-0.1, -0.05) is 30.3 Å². The van der Waals surface area contributed by atoms with Crippen molar-refractivity contribution in [3.63, 3.8) is 0 Å². The van der Waals surface area contributed by atoms with Crippen LogP contribution in [0.25, 0.3) is 0 Å². The molecule has 6 heteroatoms. The average molecular weight is 341 g/mol. The standard InChI is InChI=1S/C19H23N3O3/c1-21(2)19(15-6-4-3-5-7-15)8-9-22(13-17(19)24)18(25)14-10-16(23)12-20-11-14/h3-7,10-12,17,23-24H,8-9,13H2,1-2H3/t17-,19+/m1/s1. The highest BCUT2D eigenvalue weighted by Gasteiger charge is 2.46. The van der Waals surface area contributed by atoms with Crippen molar-refractivity contribution >= 4 is 5.91 Å². The number of β-amino-alcohol motifs (C(OH)–C–C–N with tert-alkyl or cyclic N) is 1. The molecule has 1 saturated heterocycles. The number of aliphatic hydroxyl groups excluding tert-OH is 1. The Morgan fingerprint density at radius 1 is 1.28 bits per heavy atom. The molecule has 1 aromatic heterocycles. The quantitative estimate of drug-likeness (QED) is 0.884. The van der Waals surface area contributed by atoms with Crippen LogP contribution in [0.4, 0.5) is 0 Å². The van der Waals surface area contributed by atoms with Gasteiger partial charge in [-0.25, -0.2) is 0 Å². The van der Waals surface area contributed by atoms with Crippen LogP contribution in [0.5, 0.6) is 5.75 Å². The summed E-state index contributed by atoms with van der Waals surface area (Å²) in [5.41, 5.74) is 0.831. The van der Waals surface area contributed by atoms with Crippen LogP contribution < -0.4 is 0 Å². The van der Waals surface area contributed by atoms with E-state index in [0.29, 0.717) is 18.5 Å². The van der Waals surface area contributed by atoms with Crippen LogP contribution in [0.3, 0.4) is 0 Å². The number of aromatic hydroxyl groups is 1. The van der Waals surface area contributed by atoms with Gasteiger partial charge in [-0.3, -0.25) is 14.7 Å². The minimum atomic E-state index is -0.729. The third-order valence-electron chi connectivity index (χ3n) is 5.04. The number of carbonyl (C=O) groups is 1. The van der Waals surface area contributed by atoms with Crippen LogP contribution in [0.2, 0.25) is 0 Å². The Balaban J connectivity index is 1.85. The Bertz CT molecular complexity index is 751. The predicted octanol–water partition coefficient (Wildman–Crippen LogP) is 1.45. The summed E-state index contributed by atoms with van der Waals surface area (Å²) in [6.07, 6.45) is 2.60. The molecule has 0 bridgehead atoms. The van der Waals surface area contributed by atoms with Crippen molar-refractivity contribution in [2.24, 2.45) is 0 Å². The molecular weight excluding hydrogens is 318 g/mol. The fraction of sp³-hybridized carbons (Fsp3) is 0.368. The maximum Gasteiger partial charge on any atom is 0.255 e. The summed E-state index contributed by atoms with van der Waals surface area (Å²) in [4.78, 5) is 20.2. The lowest BCUT2D eigenvalue weighted by atomic mass is 9.77. The normalized spacial score (nSPS) is 23.7. The molecule has 1 fully saturated rings. The van der Waals surface area contributed by atoms with Gasteiger partial charge in [0, 0.05) is 19.3 Å². The zero-order valence-corrected chi connectivity index (χ0v) is 14.5. The van der Waals surface area contributed by atoms with E-state index in [1.54, 1.807) is 4.90 Å². The highest BCUT2D eigenvalue weighted by atomic mass is 16.3. The van der Waals surface area contributed by atoms with E-state index in [9.17, 15) is 15.0 Å². The number of likely N-dealkylation sites (N-methyl/N-ethyl adjacent to an activating group) is 1. The minimum absolute atomic E-state index is 0.0460. The summed E-state index contributed by atoms with van der Waals surface area (Å²) in [6.45, 7) is 0.736. The van der Waals surface area contributed by atoms with Crippen molar-refractivity contribution in [3.8, 4) is 5.75 Å². The van der Waals surface area contributed by atoms with Gasteiger partial charge >= 0.3 is 0 Å². The highest BCUT2D eigenvalue weighted by molar-refractivity contribution is 5.94. The van der Waals surface area contributed by atoms with Gasteiger partial charge in [0.15, 0.2) is 0 Å². The van der Waals surface area contributed by atoms with E-state index < -0.39 is 11.6 Å². The Kier molecular flexibility index (Phi) is 4.74. The van der Waals surface area contributed by atoms with Crippen LogP contribution in [0, 0.1) is 0 Å². The SMILES string of the molecule is CN(C)[C@]1(c2ccccc2)CCN(C(=O)c2cncc(O)c2)C[C@H]1O. The summed E-state index contributed by atoms with van der Waals surface area (Å²) in [5, 5.41) is 20.5. The number of benzene rings is 1. The second kappa shape index (κ2) is 6.82. The lowest BCUT2D eigenvalue weighted by Gasteiger charge is -2.49. The predicted molar refractivity (Wildman–Crippen MR) is 94.2 cm³/mol. The summed E-state index contributed by atoms with van der Waals surface area (Å²) in [6, 6.07) is 11.3. The Morgan fingerprint density at radius 3 is 2.60 bits per heavy atom. The number of carbonyl (C=O) groups excluding carboxylic acids is 1. The molecular formula is C19H23N3O3. The number of aliphatic hydroxyl groups is 1. The number of nitrogens with zero attached hydrogens (tertiary/aromatic N) is 3. The third kappa shape index (κ3) is 3.10. The van der Waals surface area contributed by atoms with Gasteiger partial charge in [-0.15, -0.1) is 0 Å². The van der Waals surface area contributed by atoms with Crippen molar-refractivity contribution in [1.82, 2.24) is 14.8 Å². The number of amides is 1. The van der Waals surface area contributed by atoms with Gasteiger partial charge in [0.25, 0.3) is 5.91 Å². The van der Waals surface area contributed by atoms with Crippen molar-refractivity contribution in [1.29, 1.82) is 0 Å². The number of pyridine rings is 1. The first-order chi connectivity index (χ1) is 11.9. The zero-order valence-electron chi connectivity index (χ0n) is 14.5. The fourth-order valence-electron chi connectivity index (χ4n) is 3.68. The van der Waals surface area contributed by atoms with Crippen molar-refractivity contribution < 1.29 is 15.0 Å². The molecule has 2 heterocycles. The van der Waals surface area contributed by atoms with E-state index >= 15 is 0 Å². The molecule has 0 unspecified atom stereocenters. The summed E-state index contributed by atoms with van der Waals surface area (Å²) in [7, 11) is 3.90. The monoisotopic (exact) mass is 341 g/mol. The number of aromatic nitrogens is 1. The molecule has 132 valence electrons. The summed E-state index contributed by atoms with van der Waals surface area (Å²) < 4.78 is 0. The van der Waals surface area contributed by atoms with Gasteiger partial charge in [0.05, 0.1) is 23.4 Å². The van der Waals surface area contributed by atoms with Crippen LogP contribution in [-0.2, 0) is 5.54 Å². The van der Waals surface area contributed by atoms with Gasteiger partial charge < -0.3 is 15.1 Å². The molecule has 0 spiro atoms. The van der Waals surface area contributed by atoms with Crippen molar-refractivity contribution in [2.45, 2.75) is 18.1 Å². The van der Waals surface area contributed by atoms with E-state index in [0.717, 1.165) is 5.56 Å². The van der Waals surface area contributed by atoms with Gasteiger partial charge in [0.2, 0.25) is 0 Å². The molecule has 0 saturated carbocycles. The smallest absolute Gasteiger partial charge is 0.255 e. The molecule has 2 aromatic rings. The highest BCUT2D eigenvalue weighted by Crippen LogP contribution is 2.37. The zero-order chi connectivity index (χ0) is 18.0. The minimum Gasteiger partial charge on any atom is -0.506 e. The van der Waals surface area contributed by atoms with Gasteiger partial charge in [0.1, 0.15) is 5.75 Å². The van der Waals surface area contributed by atoms with E-state index in [-0.39, 0.29) is 18.2 Å². The number of hydrogen-bond acceptors (Lipinski definition) is 5. The molecule has 25 heavy (non-hydrogen) atoms. The molecule has 1 aliphatic heterocycles. The van der Waals surface area contributed by atoms with Crippen LogP contribution in [-0.4, -0.2) is 64.2 Å². The third-order valence-corrected chi connectivity index (χ3v) is 5.04. The topological polar surface area (TPSA) is 76.9 Å². The largest absolute Gasteiger partial charge is 0.506 e. The molecule has 6 nitrogen and oxygen atoms in total. The van der Waals surface area contributed by atoms with Gasteiger partial charge in [-0.05, 0) is 32.1 Å². The second-order valence-electron chi connectivity index (χ2n) is 6.63. The number of rotatable bonds is 3. The lowest BCUT2D eigenvalue weighted by Crippen LogP contribution is -2.60. The first-order valence-corrected chi connectivity index (χ1v) is 8.29. The van der Waals surface area contributed by atoms with Crippen LogP contribution in [0.1, 0.15) is 22.3 Å². The van der Waals surface area contributed by atoms with Crippen molar-refractivity contribution in [2.75, 3.05) is 27.2 Å². The first-order valence-electron chi connectivity index (χ1n) is 8.29. The molecule has 3 rings (SSSR count). The summed E-state index contributed by atoms with van der Waals surface area (Å²) >= 11 is 0. The number of hydrogen-bond donors (Lipinski definition) is 2. The van der Waals surface area contributed by atoms with Gasteiger partial charge in [-0.2, -0.15) is 0 Å². The van der Waals surface area contributed by atoms with Crippen LogP contribution in [0.15, 0.2) is 48.8 Å². The van der Waals surface area contributed by atoms with E-state index in [1.807, 2.05) is 49.3 Å². The number of piperidine rings is 1. The number of likely N-dealkylation sites (tertiary alicyclic amines) is 1. The van der Waals surface area contributed by atoms with E-state index in [4.69, 9.17) is 0 Å². The van der Waals surface area contributed by atoms with E-state index in [1.165, 1.54) is 18.5 Å². The molecule has 1 aromatic carbocycles. The average Bonchev–Trinajstić information content (AvgIpc) is 2.61. The first kappa shape index (κ1) is 17.4.